The maximum atomic E-state index is 13.0. The first-order valence-electron chi connectivity index (χ1n) is 36.9. The summed E-state index contributed by atoms with van der Waals surface area (Å²) in [5.41, 5.74) is 0. The fourth-order valence-electron chi connectivity index (χ4n) is 10.7. The average molecular weight is 1330 g/mol. The molecule has 0 fully saturated rings. The number of hydrogen-bond donors (Lipinski definition) is 3. The number of carbonyl (C=O) groups excluding carboxylic acids is 4. The first-order valence-corrected chi connectivity index (χ1v) is 39.9. The summed E-state index contributed by atoms with van der Waals surface area (Å²) in [6.45, 7) is 11.9. The van der Waals surface area contributed by atoms with Crippen molar-refractivity contribution >= 4 is 39.5 Å². The molecule has 3 N–H and O–H groups in total. The van der Waals surface area contributed by atoms with Gasteiger partial charge >= 0.3 is 39.5 Å². The van der Waals surface area contributed by atoms with E-state index in [0.29, 0.717) is 25.7 Å². The Hall–Kier alpha value is -1.94. The summed E-state index contributed by atoms with van der Waals surface area (Å²) in [7, 11) is -9.90. The van der Waals surface area contributed by atoms with Crippen LogP contribution >= 0.6 is 15.6 Å². The third-order valence-electron chi connectivity index (χ3n) is 17.1. The van der Waals surface area contributed by atoms with Crippen molar-refractivity contribution in [1.29, 1.82) is 0 Å². The molecule has 90 heavy (non-hydrogen) atoms. The van der Waals surface area contributed by atoms with Crippen LogP contribution in [0.2, 0.25) is 0 Å². The van der Waals surface area contributed by atoms with Gasteiger partial charge in [0.2, 0.25) is 0 Å². The Morgan fingerprint density at radius 2 is 0.567 bits per heavy atom. The molecule has 0 amide bonds. The largest absolute Gasteiger partial charge is 0.472 e. The lowest BCUT2D eigenvalue weighted by atomic mass is 9.99. The molecule has 7 atom stereocenters. The molecule has 0 bridgehead atoms. The maximum absolute atomic E-state index is 13.0. The second-order valence-electron chi connectivity index (χ2n) is 26.6. The second-order valence-corrected chi connectivity index (χ2v) is 29.5. The van der Waals surface area contributed by atoms with E-state index in [-0.39, 0.29) is 25.7 Å². The summed E-state index contributed by atoms with van der Waals surface area (Å²) in [6, 6.07) is 0. The average Bonchev–Trinajstić information content (AvgIpc) is 3.39. The zero-order chi connectivity index (χ0) is 66.6. The topological polar surface area (TPSA) is 237 Å². The van der Waals surface area contributed by atoms with Gasteiger partial charge in [-0.3, -0.25) is 37.3 Å². The fourth-order valence-corrected chi connectivity index (χ4v) is 12.2. The highest BCUT2D eigenvalue weighted by atomic mass is 31.2. The van der Waals surface area contributed by atoms with E-state index < -0.39 is 97.5 Å². The van der Waals surface area contributed by atoms with Gasteiger partial charge in [0.1, 0.15) is 19.3 Å². The van der Waals surface area contributed by atoms with Crippen molar-refractivity contribution in [2.24, 2.45) is 17.8 Å². The van der Waals surface area contributed by atoms with Gasteiger partial charge in [-0.15, -0.1) is 0 Å². The quantitative estimate of drug-likeness (QED) is 0.0222. The van der Waals surface area contributed by atoms with Crippen LogP contribution in [0.5, 0.6) is 0 Å². The molecule has 0 radical (unpaired) electrons. The molecule has 0 aromatic rings. The highest BCUT2D eigenvalue weighted by molar-refractivity contribution is 7.47. The number of aliphatic hydroxyl groups excluding tert-OH is 1. The van der Waals surface area contributed by atoms with Crippen LogP contribution < -0.4 is 0 Å². The first kappa shape index (κ1) is 88.1. The van der Waals surface area contributed by atoms with E-state index in [1.807, 2.05) is 0 Å². The van der Waals surface area contributed by atoms with Gasteiger partial charge in [0.25, 0.3) is 0 Å². The number of aliphatic hydroxyl groups is 1. The Morgan fingerprint density at radius 1 is 0.322 bits per heavy atom. The third-order valence-corrected chi connectivity index (χ3v) is 19.0. The predicted molar refractivity (Wildman–Crippen MR) is 363 cm³/mol. The Bertz CT molecular complexity index is 1770. The summed E-state index contributed by atoms with van der Waals surface area (Å²) in [4.78, 5) is 72.6. The van der Waals surface area contributed by atoms with E-state index in [0.717, 1.165) is 108 Å². The Balaban J connectivity index is 5.27. The number of hydrogen-bond acceptors (Lipinski definition) is 15. The van der Waals surface area contributed by atoms with Crippen LogP contribution in [-0.4, -0.2) is 96.7 Å². The number of esters is 4. The van der Waals surface area contributed by atoms with Crippen LogP contribution in [0.1, 0.15) is 357 Å². The van der Waals surface area contributed by atoms with Crippen LogP contribution in [0, 0.1) is 17.8 Å². The molecule has 0 aromatic carbocycles. The molecule has 0 spiro atoms. The monoisotopic (exact) mass is 1320 g/mol. The molecule has 0 saturated heterocycles. The van der Waals surface area contributed by atoms with Crippen LogP contribution in [-0.2, 0) is 65.4 Å². The molecule has 0 aliphatic carbocycles. The number of carbonyl (C=O) groups is 4. The smallest absolute Gasteiger partial charge is 0.462 e. The van der Waals surface area contributed by atoms with Crippen molar-refractivity contribution in [3.63, 3.8) is 0 Å². The maximum Gasteiger partial charge on any atom is 0.472 e. The van der Waals surface area contributed by atoms with Crippen molar-refractivity contribution in [1.82, 2.24) is 0 Å². The third kappa shape index (κ3) is 62.2. The van der Waals surface area contributed by atoms with E-state index in [9.17, 15) is 43.2 Å². The summed E-state index contributed by atoms with van der Waals surface area (Å²) in [5.74, 6) is 0.206. The van der Waals surface area contributed by atoms with Crippen LogP contribution in [0.25, 0.3) is 0 Å². The number of rotatable bonds is 69. The summed E-state index contributed by atoms with van der Waals surface area (Å²) < 4.78 is 68.3. The summed E-state index contributed by atoms with van der Waals surface area (Å²) in [6.07, 6.45) is 45.6. The van der Waals surface area contributed by atoms with Gasteiger partial charge in [0.05, 0.1) is 26.4 Å². The molecule has 4 unspecified atom stereocenters. The first-order chi connectivity index (χ1) is 43.3. The summed E-state index contributed by atoms with van der Waals surface area (Å²) >= 11 is 0. The Kier molecular flexibility index (Phi) is 60.6. The predicted octanol–water partition coefficient (Wildman–Crippen LogP) is 20.2. The number of phosphoric acid groups is 2. The van der Waals surface area contributed by atoms with Crippen molar-refractivity contribution in [2.45, 2.75) is 375 Å². The van der Waals surface area contributed by atoms with Gasteiger partial charge in [-0.05, 0) is 43.4 Å². The molecule has 17 nitrogen and oxygen atoms in total. The molecule has 0 aliphatic rings. The highest BCUT2D eigenvalue weighted by Gasteiger charge is 2.30. The van der Waals surface area contributed by atoms with E-state index in [4.69, 9.17) is 37.0 Å². The van der Waals surface area contributed by atoms with Gasteiger partial charge in [-0.1, -0.05) is 305 Å². The van der Waals surface area contributed by atoms with E-state index in [2.05, 4.69) is 48.5 Å². The minimum Gasteiger partial charge on any atom is -0.462 e. The van der Waals surface area contributed by atoms with E-state index in [1.165, 1.54) is 167 Å². The Labute approximate surface area is 549 Å². The lowest BCUT2D eigenvalue weighted by Crippen LogP contribution is -2.30. The molecule has 0 heterocycles. The van der Waals surface area contributed by atoms with Crippen molar-refractivity contribution in [2.75, 3.05) is 39.6 Å². The molecular formula is C71H138O17P2. The van der Waals surface area contributed by atoms with Crippen molar-refractivity contribution < 1.29 is 80.2 Å². The fraction of sp³-hybridized carbons (Fsp3) is 0.944. The SMILES string of the molecule is CCCCCCCCCCCCCC(=O)OC[C@H](COP(=O)(O)OC[C@H](O)COP(=O)(O)OC[C@@H](COC(=O)CCCCCCCCCCCCC(C)C)OC(=O)CCCCCCCCCCCCC(C)CC)OC(=O)CCCCCCCCCCC(C)CC. The lowest BCUT2D eigenvalue weighted by molar-refractivity contribution is -0.161. The van der Waals surface area contributed by atoms with Gasteiger partial charge in [-0.25, -0.2) is 9.13 Å². The molecule has 0 aromatic heterocycles. The van der Waals surface area contributed by atoms with E-state index in [1.54, 1.807) is 0 Å². The second kappa shape index (κ2) is 61.9. The molecule has 0 aliphatic heterocycles. The standard InChI is InChI=1S/C71H138O17P2/c1-8-11-12-13-14-15-16-23-31-38-45-52-68(73)81-59-67(88-71(76)55-48-41-34-27-26-30-37-44-51-64(7)10-3)61-86-90(79,80)84-57-65(72)56-83-89(77,78)85-60-66(58-82-69(74)53-46-39-32-24-19-17-21-28-35-42-49-62(4)5)87-70(75)54-47-40-33-25-20-18-22-29-36-43-50-63(6)9-2/h62-67,72H,8-61H2,1-7H3,(H,77,78)(H,79,80)/t63?,64?,65-,66-,67-/m1/s1. The number of ether oxygens (including phenoxy) is 4. The molecule has 534 valence electrons. The highest BCUT2D eigenvalue weighted by Crippen LogP contribution is 2.45. The van der Waals surface area contributed by atoms with Crippen LogP contribution in [0.4, 0.5) is 0 Å². The van der Waals surface area contributed by atoms with Crippen molar-refractivity contribution in [3.8, 4) is 0 Å². The van der Waals surface area contributed by atoms with E-state index >= 15 is 0 Å². The van der Waals surface area contributed by atoms with Crippen LogP contribution in [0.3, 0.4) is 0 Å². The molecule has 0 rings (SSSR count). The summed E-state index contributed by atoms with van der Waals surface area (Å²) in [5, 5.41) is 10.6. The van der Waals surface area contributed by atoms with Gasteiger partial charge in [0.15, 0.2) is 12.2 Å². The van der Waals surface area contributed by atoms with Gasteiger partial charge in [0, 0.05) is 25.7 Å². The van der Waals surface area contributed by atoms with Gasteiger partial charge in [-0.2, -0.15) is 0 Å². The number of phosphoric ester groups is 2. The number of unbranched alkanes of at least 4 members (excludes halogenated alkanes) is 35. The molecule has 19 heteroatoms. The molecular weight excluding hydrogens is 1190 g/mol. The minimum absolute atomic E-state index is 0.105. The Morgan fingerprint density at radius 3 is 0.844 bits per heavy atom. The minimum atomic E-state index is -4.95. The van der Waals surface area contributed by atoms with Crippen LogP contribution in [0.15, 0.2) is 0 Å². The van der Waals surface area contributed by atoms with Gasteiger partial charge < -0.3 is 33.8 Å². The lowest BCUT2D eigenvalue weighted by Gasteiger charge is -2.21. The zero-order valence-electron chi connectivity index (χ0n) is 58.6. The van der Waals surface area contributed by atoms with Crippen molar-refractivity contribution in [3.05, 3.63) is 0 Å². The molecule has 0 saturated carbocycles. The normalized spacial score (nSPS) is 14.8. The zero-order valence-corrected chi connectivity index (χ0v) is 60.4.